The number of aromatic carboxylic acids is 1. The van der Waals surface area contributed by atoms with Crippen LogP contribution in [0.1, 0.15) is 42.5 Å². The fourth-order valence-electron chi connectivity index (χ4n) is 3.49. The van der Waals surface area contributed by atoms with E-state index in [1.807, 2.05) is 0 Å². The fourth-order valence-corrected chi connectivity index (χ4v) is 4.63. The molecule has 2 aliphatic rings. The molecule has 1 N–H and O–H groups in total. The minimum Gasteiger partial charge on any atom is -0.478 e. The number of carboxylic acids is 1. The molecule has 0 spiro atoms. The number of carboxylic acid groups (broad SMARTS) is 1. The van der Waals surface area contributed by atoms with Crippen molar-refractivity contribution in [3.63, 3.8) is 0 Å². The van der Waals surface area contributed by atoms with E-state index in [9.17, 15) is 9.90 Å². The average Bonchev–Trinajstić information content (AvgIpc) is 2.53. The van der Waals surface area contributed by atoms with Crippen LogP contribution < -0.4 is 0 Å². The molecule has 2 fully saturated rings. The van der Waals surface area contributed by atoms with Gasteiger partial charge >= 0.3 is 5.97 Å². The molecule has 5 heteroatoms. The molecule has 0 saturated carbocycles. The summed E-state index contributed by atoms with van der Waals surface area (Å²) in [6, 6.07) is 4.09. The number of nitrogens with zero attached hydrogens (tertiary/aromatic N) is 2. The summed E-state index contributed by atoms with van der Waals surface area (Å²) in [5.41, 5.74) is 0.331. The number of fused-ring (bicyclic) bond motifs is 1. The summed E-state index contributed by atoms with van der Waals surface area (Å²) in [6.45, 7) is 2.48. The number of hydrogen-bond donors (Lipinski definition) is 1. The highest BCUT2D eigenvalue weighted by atomic mass is 32.2. The van der Waals surface area contributed by atoms with Crippen molar-refractivity contribution in [2.75, 3.05) is 18.8 Å². The Bertz CT molecular complexity index is 509. The maximum absolute atomic E-state index is 11.2. The van der Waals surface area contributed by atoms with E-state index in [0.717, 1.165) is 11.8 Å². The summed E-state index contributed by atoms with van der Waals surface area (Å²) in [5, 5.41) is 9.86. The average molecular weight is 306 g/mol. The number of aromatic nitrogens is 1. The first-order valence-electron chi connectivity index (χ1n) is 7.79. The van der Waals surface area contributed by atoms with Crippen LogP contribution in [0.15, 0.2) is 23.4 Å². The minimum atomic E-state index is -0.882. The number of piperidine rings is 2. The largest absolute Gasteiger partial charge is 0.478 e. The maximum Gasteiger partial charge on any atom is 0.338 e. The fraction of sp³-hybridized carbons (Fsp3) is 0.625. The Morgan fingerprint density at radius 3 is 3.14 bits per heavy atom. The smallest absolute Gasteiger partial charge is 0.338 e. The molecule has 1 aromatic rings. The predicted molar refractivity (Wildman–Crippen MR) is 83.9 cm³/mol. The molecule has 0 radical (unpaired) electrons. The van der Waals surface area contributed by atoms with E-state index in [0.29, 0.717) is 16.5 Å². The van der Waals surface area contributed by atoms with Crippen molar-refractivity contribution < 1.29 is 9.90 Å². The Balaban J connectivity index is 1.57. The Morgan fingerprint density at radius 2 is 2.29 bits per heavy atom. The summed E-state index contributed by atoms with van der Waals surface area (Å²) in [4.78, 5) is 18.1. The van der Waals surface area contributed by atoms with Crippen LogP contribution in [-0.4, -0.2) is 45.8 Å². The molecule has 0 bridgehead atoms. The number of thioether (sulfide) groups is 1. The highest BCUT2D eigenvalue weighted by Gasteiger charge is 2.30. The van der Waals surface area contributed by atoms with Crippen molar-refractivity contribution in [1.82, 2.24) is 9.88 Å². The van der Waals surface area contributed by atoms with Gasteiger partial charge in [-0.05, 0) is 56.8 Å². The lowest BCUT2D eigenvalue weighted by Gasteiger charge is -2.42. The van der Waals surface area contributed by atoms with Crippen molar-refractivity contribution in [3.05, 3.63) is 23.9 Å². The third-order valence-corrected chi connectivity index (χ3v) is 5.87. The second kappa shape index (κ2) is 6.79. The van der Waals surface area contributed by atoms with Gasteiger partial charge in [0.1, 0.15) is 5.03 Å². The second-order valence-corrected chi connectivity index (χ2v) is 7.06. The van der Waals surface area contributed by atoms with Gasteiger partial charge < -0.3 is 10.0 Å². The summed E-state index contributed by atoms with van der Waals surface area (Å²) >= 11 is 1.61. The van der Waals surface area contributed by atoms with Gasteiger partial charge in [0, 0.05) is 18.0 Å². The van der Waals surface area contributed by atoms with Gasteiger partial charge in [0.05, 0.1) is 5.56 Å². The zero-order chi connectivity index (χ0) is 14.7. The van der Waals surface area contributed by atoms with E-state index in [1.54, 1.807) is 30.1 Å². The van der Waals surface area contributed by atoms with Crippen LogP contribution in [-0.2, 0) is 0 Å². The Hall–Kier alpha value is -1.07. The molecule has 114 valence electrons. The Labute approximate surface area is 129 Å². The van der Waals surface area contributed by atoms with Gasteiger partial charge in [-0.15, -0.1) is 11.8 Å². The summed E-state index contributed by atoms with van der Waals surface area (Å²) in [6.07, 6.45) is 8.24. The lowest BCUT2D eigenvalue weighted by molar-refractivity contribution is 0.0692. The number of rotatable bonds is 4. The molecule has 2 saturated heterocycles. The molecule has 0 unspecified atom stereocenters. The van der Waals surface area contributed by atoms with Crippen molar-refractivity contribution in [1.29, 1.82) is 0 Å². The van der Waals surface area contributed by atoms with Crippen LogP contribution in [0.5, 0.6) is 0 Å². The topological polar surface area (TPSA) is 53.4 Å². The lowest BCUT2D eigenvalue weighted by Crippen LogP contribution is -2.45. The predicted octanol–water partition coefficient (Wildman–Crippen LogP) is 3.14. The van der Waals surface area contributed by atoms with Gasteiger partial charge in [-0.2, -0.15) is 0 Å². The molecule has 0 aliphatic carbocycles. The monoisotopic (exact) mass is 306 g/mol. The lowest BCUT2D eigenvalue weighted by atomic mass is 9.87. The maximum atomic E-state index is 11.2. The normalized spacial score (nSPS) is 26.3. The van der Waals surface area contributed by atoms with E-state index < -0.39 is 5.97 Å². The zero-order valence-corrected chi connectivity index (χ0v) is 13.0. The van der Waals surface area contributed by atoms with Crippen LogP contribution in [0.25, 0.3) is 0 Å². The quantitative estimate of drug-likeness (QED) is 0.866. The van der Waals surface area contributed by atoms with E-state index in [1.165, 1.54) is 45.2 Å². The van der Waals surface area contributed by atoms with Gasteiger partial charge in [-0.3, -0.25) is 0 Å². The first-order chi connectivity index (χ1) is 10.2. The first-order valence-corrected chi connectivity index (χ1v) is 8.78. The molecule has 0 aromatic carbocycles. The third-order valence-electron chi connectivity index (χ3n) is 4.64. The molecular weight excluding hydrogens is 284 g/mol. The van der Waals surface area contributed by atoms with Gasteiger partial charge in [0.15, 0.2) is 0 Å². The van der Waals surface area contributed by atoms with Crippen molar-refractivity contribution in [2.45, 2.75) is 43.2 Å². The van der Waals surface area contributed by atoms with Gasteiger partial charge in [-0.1, -0.05) is 6.42 Å². The van der Waals surface area contributed by atoms with E-state index in [-0.39, 0.29) is 0 Å². The molecule has 21 heavy (non-hydrogen) atoms. The van der Waals surface area contributed by atoms with Crippen LogP contribution in [0, 0.1) is 5.92 Å². The van der Waals surface area contributed by atoms with Crippen LogP contribution in [0.4, 0.5) is 0 Å². The molecule has 3 heterocycles. The molecule has 0 amide bonds. The second-order valence-electron chi connectivity index (χ2n) is 6.05. The first kappa shape index (κ1) is 14.9. The van der Waals surface area contributed by atoms with Gasteiger partial charge in [0.25, 0.3) is 0 Å². The molecule has 3 rings (SSSR count). The highest BCUT2D eigenvalue weighted by molar-refractivity contribution is 7.99. The van der Waals surface area contributed by atoms with Crippen molar-refractivity contribution in [2.24, 2.45) is 5.92 Å². The van der Waals surface area contributed by atoms with Crippen molar-refractivity contribution >= 4 is 17.7 Å². The summed E-state index contributed by atoms with van der Waals surface area (Å²) in [7, 11) is 0. The standard InChI is InChI=1S/C16H22N2O2S/c19-16(20)14-5-3-7-17-15(14)21-11-12-6-9-18-8-2-1-4-13(18)10-12/h3,5,7,12-13H,1-2,4,6,8-11H2,(H,19,20)/t12-,13+/m1/s1. The third kappa shape index (κ3) is 3.58. The highest BCUT2D eigenvalue weighted by Crippen LogP contribution is 2.33. The SMILES string of the molecule is O=C(O)c1cccnc1SC[C@@H]1CCN2CCCC[C@H]2C1. The molecule has 1 aromatic heterocycles. The number of pyridine rings is 1. The number of hydrogen-bond acceptors (Lipinski definition) is 4. The van der Waals surface area contributed by atoms with Gasteiger partial charge in [-0.25, -0.2) is 9.78 Å². The summed E-state index contributed by atoms with van der Waals surface area (Å²) < 4.78 is 0. The number of carbonyl (C=O) groups is 1. The van der Waals surface area contributed by atoms with Crippen molar-refractivity contribution in [3.8, 4) is 0 Å². The van der Waals surface area contributed by atoms with Crippen LogP contribution in [0.2, 0.25) is 0 Å². The molecule has 2 atom stereocenters. The van der Waals surface area contributed by atoms with E-state index in [2.05, 4.69) is 9.88 Å². The van der Waals surface area contributed by atoms with Crippen LogP contribution in [0.3, 0.4) is 0 Å². The molecule has 4 nitrogen and oxygen atoms in total. The van der Waals surface area contributed by atoms with E-state index in [4.69, 9.17) is 0 Å². The Kier molecular flexibility index (Phi) is 4.80. The Morgan fingerprint density at radius 1 is 1.38 bits per heavy atom. The zero-order valence-electron chi connectivity index (χ0n) is 12.2. The minimum absolute atomic E-state index is 0.331. The molecular formula is C16H22N2O2S. The van der Waals surface area contributed by atoms with Crippen LogP contribution >= 0.6 is 11.8 Å². The molecule has 2 aliphatic heterocycles. The van der Waals surface area contributed by atoms with Gasteiger partial charge in [0.2, 0.25) is 0 Å². The summed E-state index contributed by atoms with van der Waals surface area (Å²) in [5.74, 6) is 0.799. The van der Waals surface area contributed by atoms with E-state index >= 15 is 0 Å².